The molecule has 0 aliphatic heterocycles. The lowest BCUT2D eigenvalue weighted by molar-refractivity contribution is 0.507. The summed E-state index contributed by atoms with van der Waals surface area (Å²) in [7, 11) is 0. The van der Waals surface area contributed by atoms with Gasteiger partial charge in [-0.25, -0.2) is 0 Å². The molecule has 0 heterocycles. The van der Waals surface area contributed by atoms with Crippen LogP contribution in [0.5, 0.6) is 0 Å². The van der Waals surface area contributed by atoms with Gasteiger partial charge in [-0.1, -0.05) is 25.5 Å². The van der Waals surface area contributed by atoms with Crippen molar-refractivity contribution >= 4 is 0 Å². The van der Waals surface area contributed by atoms with Gasteiger partial charge in [0.1, 0.15) is 0 Å². The van der Waals surface area contributed by atoms with E-state index in [1.807, 2.05) is 0 Å². The Balaban J connectivity index is 2.22. The molecule has 2 N–H and O–H groups in total. The molecule has 2 aliphatic rings. The number of nitrogens with two attached hydrogens (primary N) is 1. The maximum Gasteiger partial charge on any atom is 0.0254 e. The summed E-state index contributed by atoms with van der Waals surface area (Å²) in [6, 6.07) is 0.345. The van der Waals surface area contributed by atoms with Crippen LogP contribution >= 0.6 is 0 Å². The fourth-order valence-corrected chi connectivity index (χ4v) is 2.43. The van der Waals surface area contributed by atoms with Gasteiger partial charge < -0.3 is 5.73 Å². The van der Waals surface area contributed by atoms with Gasteiger partial charge in [-0.15, -0.1) is 0 Å². The molecule has 0 spiro atoms. The summed E-state index contributed by atoms with van der Waals surface area (Å²) in [6.07, 6.45) is 3.60. The quantitative estimate of drug-likeness (QED) is 0.526. The number of hydrogen-bond acceptors (Lipinski definition) is 1. The summed E-state index contributed by atoms with van der Waals surface area (Å²) in [5.74, 6) is 1.71. The molecule has 0 amide bonds. The second kappa shape index (κ2) is 1.89. The normalized spacial score (nSPS) is 46.2. The van der Waals surface area contributed by atoms with Crippen molar-refractivity contribution < 1.29 is 0 Å². The van der Waals surface area contributed by atoms with Crippen LogP contribution in [0, 0.1) is 17.3 Å². The van der Waals surface area contributed by atoms with Crippen LogP contribution in [0.3, 0.4) is 0 Å². The third-order valence-electron chi connectivity index (χ3n) is 3.67. The lowest BCUT2D eigenvalue weighted by Crippen LogP contribution is -2.24. The maximum atomic E-state index is 5.95. The van der Waals surface area contributed by atoms with Crippen molar-refractivity contribution in [2.75, 3.05) is 0 Å². The Bertz CT molecular complexity index is 215. The molecule has 0 bridgehead atoms. The number of rotatable bonds is 0. The number of allylic oxidation sites excluding steroid dienone is 1. The molecular weight excluding hydrogens is 134 g/mol. The third kappa shape index (κ3) is 0.871. The first kappa shape index (κ1) is 7.35. The van der Waals surface area contributed by atoms with Crippen LogP contribution in [0.2, 0.25) is 0 Å². The Morgan fingerprint density at radius 2 is 2.18 bits per heavy atom. The molecule has 0 saturated heterocycles. The van der Waals surface area contributed by atoms with E-state index in [0.29, 0.717) is 11.5 Å². The molecule has 1 heteroatoms. The fourth-order valence-electron chi connectivity index (χ4n) is 2.43. The summed E-state index contributed by atoms with van der Waals surface area (Å²) in [5.41, 5.74) is 7.90. The number of hydrogen-bond donors (Lipinski definition) is 1. The molecule has 1 saturated carbocycles. The van der Waals surface area contributed by atoms with Crippen molar-refractivity contribution in [1.82, 2.24) is 0 Å². The lowest BCUT2D eigenvalue weighted by Gasteiger charge is -2.15. The van der Waals surface area contributed by atoms with Gasteiger partial charge in [0.15, 0.2) is 0 Å². The summed E-state index contributed by atoms with van der Waals surface area (Å²) in [5, 5.41) is 0. The van der Waals surface area contributed by atoms with Crippen LogP contribution < -0.4 is 5.73 Å². The molecule has 11 heavy (non-hydrogen) atoms. The van der Waals surface area contributed by atoms with Crippen molar-refractivity contribution in [3.63, 3.8) is 0 Å². The van der Waals surface area contributed by atoms with Crippen LogP contribution in [0.1, 0.15) is 27.2 Å². The predicted octanol–water partition coefficient (Wildman–Crippen LogP) is 1.94. The van der Waals surface area contributed by atoms with Gasteiger partial charge in [-0.2, -0.15) is 0 Å². The molecule has 0 radical (unpaired) electrons. The Kier molecular flexibility index (Phi) is 1.26. The standard InChI is InChI=1S/C10H17N/c1-6-4-7-8(5-9(6)11)10(7,2)3/h4,7-9H,5,11H2,1-3H3/t7-,8-,9-/m0/s1. The summed E-state index contributed by atoms with van der Waals surface area (Å²) < 4.78 is 0. The Morgan fingerprint density at radius 3 is 2.73 bits per heavy atom. The van der Waals surface area contributed by atoms with E-state index in [1.54, 1.807) is 0 Å². The van der Waals surface area contributed by atoms with Gasteiger partial charge in [0.05, 0.1) is 0 Å². The van der Waals surface area contributed by atoms with Crippen molar-refractivity contribution in [3.8, 4) is 0 Å². The zero-order valence-corrected chi connectivity index (χ0v) is 7.59. The molecule has 2 rings (SSSR count). The average molecular weight is 151 g/mol. The Labute approximate surface area is 68.7 Å². The van der Waals surface area contributed by atoms with E-state index in [9.17, 15) is 0 Å². The van der Waals surface area contributed by atoms with Crippen molar-refractivity contribution in [3.05, 3.63) is 11.6 Å². The molecule has 0 aromatic heterocycles. The second-order valence-corrected chi connectivity index (χ2v) is 4.71. The third-order valence-corrected chi connectivity index (χ3v) is 3.67. The Morgan fingerprint density at radius 1 is 1.55 bits per heavy atom. The van der Waals surface area contributed by atoms with E-state index in [2.05, 4.69) is 26.8 Å². The monoisotopic (exact) mass is 151 g/mol. The van der Waals surface area contributed by atoms with Gasteiger partial charge >= 0.3 is 0 Å². The lowest BCUT2D eigenvalue weighted by atomic mass is 9.96. The van der Waals surface area contributed by atoms with Gasteiger partial charge in [0, 0.05) is 6.04 Å². The highest BCUT2D eigenvalue weighted by atomic mass is 14.7. The highest BCUT2D eigenvalue weighted by Gasteiger charge is 2.57. The molecule has 0 aromatic carbocycles. The van der Waals surface area contributed by atoms with Gasteiger partial charge in [-0.3, -0.25) is 0 Å². The highest BCUT2D eigenvalue weighted by Crippen LogP contribution is 2.63. The molecule has 1 fully saturated rings. The smallest absolute Gasteiger partial charge is 0.0254 e. The van der Waals surface area contributed by atoms with Crippen molar-refractivity contribution in [1.29, 1.82) is 0 Å². The van der Waals surface area contributed by atoms with Crippen molar-refractivity contribution in [2.24, 2.45) is 23.0 Å². The van der Waals surface area contributed by atoms with E-state index >= 15 is 0 Å². The van der Waals surface area contributed by atoms with E-state index in [4.69, 9.17) is 5.73 Å². The van der Waals surface area contributed by atoms with E-state index in [1.165, 1.54) is 12.0 Å². The van der Waals surface area contributed by atoms with E-state index < -0.39 is 0 Å². The van der Waals surface area contributed by atoms with Crippen LogP contribution in [-0.2, 0) is 0 Å². The molecular formula is C10H17N. The topological polar surface area (TPSA) is 26.0 Å². The zero-order valence-electron chi connectivity index (χ0n) is 7.59. The molecule has 0 aromatic rings. The first-order valence-corrected chi connectivity index (χ1v) is 4.47. The Hall–Kier alpha value is -0.300. The number of fused-ring (bicyclic) bond motifs is 1. The minimum atomic E-state index is 0.345. The largest absolute Gasteiger partial charge is 0.324 e. The van der Waals surface area contributed by atoms with Gasteiger partial charge in [0.25, 0.3) is 0 Å². The second-order valence-electron chi connectivity index (χ2n) is 4.71. The summed E-state index contributed by atoms with van der Waals surface area (Å²) in [4.78, 5) is 0. The molecule has 1 nitrogen and oxygen atoms in total. The predicted molar refractivity (Wildman–Crippen MR) is 47.1 cm³/mol. The van der Waals surface area contributed by atoms with Crippen LogP contribution in [-0.4, -0.2) is 6.04 Å². The SMILES string of the molecule is CC1=C[C@H]2[C@H](C[C@@H]1N)C2(C)C. The summed E-state index contributed by atoms with van der Waals surface area (Å²) >= 11 is 0. The molecule has 0 unspecified atom stereocenters. The van der Waals surface area contributed by atoms with Gasteiger partial charge in [-0.05, 0) is 30.6 Å². The zero-order chi connectivity index (χ0) is 8.22. The highest BCUT2D eigenvalue weighted by molar-refractivity contribution is 5.26. The minimum Gasteiger partial charge on any atom is -0.324 e. The molecule has 62 valence electrons. The maximum absolute atomic E-state index is 5.95. The molecule has 3 atom stereocenters. The first-order valence-electron chi connectivity index (χ1n) is 4.47. The minimum absolute atomic E-state index is 0.345. The fraction of sp³-hybridized carbons (Fsp3) is 0.800. The van der Waals surface area contributed by atoms with Crippen molar-refractivity contribution in [2.45, 2.75) is 33.2 Å². The van der Waals surface area contributed by atoms with Crippen LogP contribution in [0.15, 0.2) is 11.6 Å². The summed E-state index contributed by atoms with van der Waals surface area (Å²) in [6.45, 7) is 6.86. The van der Waals surface area contributed by atoms with E-state index in [0.717, 1.165) is 11.8 Å². The van der Waals surface area contributed by atoms with E-state index in [-0.39, 0.29) is 0 Å². The molecule has 2 aliphatic carbocycles. The first-order chi connectivity index (χ1) is 5.03. The average Bonchev–Trinajstić information content (AvgIpc) is 2.39. The van der Waals surface area contributed by atoms with Crippen LogP contribution in [0.25, 0.3) is 0 Å². The van der Waals surface area contributed by atoms with Crippen LogP contribution in [0.4, 0.5) is 0 Å². The van der Waals surface area contributed by atoms with Gasteiger partial charge in [0.2, 0.25) is 0 Å².